The lowest BCUT2D eigenvalue weighted by molar-refractivity contribution is -0.0659. The fourth-order valence-electron chi connectivity index (χ4n) is 1.97. The molecule has 1 N–H and O–H groups in total. The van der Waals surface area contributed by atoms with Crippen molar-refractivity contribution in [1.82, 2.24) is 4.57 Å². The number of nitrogens with zero attached hydrogens (tertiary/aromatic N) is 1. The average Bonchev–Trinajstić information content (AvgIpc) is 3.00. The molecule has 120 valence electrons. The number of aliphatic hydroxyl groups is 1. The van der Waals surface area contributed by atoms with Gasteiger partial charge < -0.3 is 14.4 Å². The molecule has 22 heavy (non-hydrogen) atoms. The SMILES string of the molecule is CC(C)(CCl)C(O)C(Oc1ccc(Cl)cc1Cl)n1cccc1. The Morgan fingerprint density at radius 1 is 1.23 bits per heavy atom. The molecule has 0 saturated heterocycles. The molecule has 0 aliphatic rings. The van der Waals surface area contributed by atoms with Gasteiger partial charge in [0.15, 0.2) is 0 Å². The highest BCUT2D eigenvalue weighted by molar-refractivity contribution is 6.35. The molecule has 0 spiro atoms. The summed E-state index contributed by atoms with van der Waals surface area (Å²) >= 11 is 18.0. The van der Waals surface area contributed by atoms with Crippen molar-refractivity contribution >= 4 is 34.8 Å². The predicted octanol–water partition coefficient (Wildman–Crippen LogP) is 5.00. The van der Waals surface area contributed by atoms with Crippen LogP contribution in [0.4, 0.5) is 0 Å². The molecule has 1 heterocycles. The van der Waals surface area contributed by atoms with Crippen LogP contribution in [0.1, 0.15) is 20.1 Å². The third-order valence-corrected chi connectivity index (χ3v) is 4.70. The van der Waals surface area contributed by atoms with Gasteiger partial charge in [-0.25, -0.2) is 0 Å². The number of halogens is 3. The van der Waals surface area contributed by atoms with Gasteiger partial charge in [-0.3, -0.25) is 0 Å². The third kappa shape index (κ3) is 3.90. The zero-order chi connectivity index (χ0) is 16.3. The van der Waals surface area contributed by atoms with Crippen LogP contribution in [0.5, 0.6) is 5.75 Å². The van der Waals surface area contributed by atoms with Crippen LogP contribution in [0.2, 0.25) is 10.0 Å². The van der Waals surface area contributed by atoms with Crippen molar-refractivity contribution in [2.24, 2.45) is 5.41 Å². The summed E-state index contributed by atoms with van der Waals surface area (Å²) < 4.78 is 7.74. The lowest BCUT2D eigenvalue weighted by atomic mass is 9.87. The summed E-state index contributed by atoms with van der Waals surface area (Å²) in [5.74, 6) is 0.748. The summed E-state index contributed by atoms with van der Waals surface area (Å²) in [6.45, 7) is 3.77. The number of hydrogen-bond donors (Lipinski definition) is 1. The zero-order valence-electron chi connectivity index (χ0n) is 12.3. The molecule has 0 fully saturated rings. The molecule has 2 atom stereocenters. The molecule has 0 bridgehead atoms. The lowest BCUT2D eigenvalue weighted by Crippen LogP contribution is -2.41. The number of hydrogen-bond acceptors (Lipinski definition) is 2. The van der Waals surface area contributed by atoms with Gasteiger partial charge in [-0.05, 0) is 30.3 Å². The molecule has 1 aromatic heterocycles. The van der Waals surface area contributed by atoms with Gasteiger partial charge in [0.2, 0.25) is 6.23 Å². The van der Waals surface area contributed by atoms with Crippen molar-refractivity contribution in [3.8, 4) is 5.75 Å². The first-order chi connectivity index (χ1) is 10.3. The standard InChI is InChI=1S/C16H18Cl3NO2/c1-16(2,10-17)14(21)15(20-7-3-4-8-20)22-13-6-5-11(18)9-12(13)19/h3-9,14-15,21H,10H2,1-2H3. The summed E-state index contributed by atoms with van der Waals surface area (Å²) in [5, 5.41) is 11.6. The van der Waals surface area contributed by atoms with E-state index in [2.05, 4.69) is 0 Å². The van der Waals surface area contributed by atoms with E-state index in [4.69, 9.17) is 39.5 Å². The molecule has 0 aliphatic heterocycles. The molecular weight excluding hydrogens is 345 g/mol. The topological polar surface area (TPSA) is 34.4 Å². The monoisotopic (exact) mass is 361 g/mol. The normalized spacial score (nSPS) is 14.6. The summed E-state index contributed by atoms with van der Waals surface area (Å²) in [7, 11) is 0. The first-order valence-electron chi connectivity index (χ1n) is 6.83. The Kier molecular flexibility index (Phi) is 5.67. The Labute approximate surface area is 145 Å². The van der Waals surface area contributed by atoms with Crippen LogP contribution >= 0.6 is 34.8 Å². The molecule has 1 aromatic carbocycles. The van der Waals surface area contributed by atoms with E-state index in [0.717, 1.165) is 0 Å². The molecule has 6 heteroatoms. The van der Waals surface area contributed by atoms with Gasteiger partial charge in [0, 0.05) is 28.7 Å². The van der Waals surface area contributed by atoms with Gasteiger partial charge in [-0.1, -0.05) is 37.0 Å². The van der Waals surface area contributed by atoms with Crippen molar-refractivity contribution < 1.29 is 9.84 Å². The van der Waals surface area contributed by atoms with E-state index in [-0.39, 0.29) is 0 Å². The van der Waals surface area contributed by atoms with Crippen LogP contribution in [-0.4, -0.2) is 21.7 Å². The Morgan fingerprint density at radius 3 is 2.41 bits per heavy atom. The van der Waals surface area contributed by atoms with Crippen LogP contribution in [0.15, 0.2) is 42.7 Å². The minimum Gasteiger partial charge on any atom is -0.466 e. The largest absolute Gasteiger partial charge is 0.466 e. The highest BCUT2D eigenvalue weighted by atomic mass is 35.5. The van der Waals surface area contributed by atoms with E-state index in [1.54, 1.807) is 22.8 Å². The van der Waals surface area contributed by atoms with Crippen LogP contribution in [-0.2, 0) is 0 Å². The fraction of sp³-hybridized carbons (Fsp3) is 0.375. The number of aliphatic hydroxyl groups excluding tert-OH is 1. The van der Waals surface area contributed by atoms with Crippen molar-refractivity contribution in [3.63, 3.8) is 0 Å². The number of alkyl halides is 1. The maximum absolute atomic E-state index is 10.7. The minimum atomic E-state index is -0.829. The van der Waals surface area contributed by atoms with Crippen molar-refractivity contribution in [3.05, 3.63) is 52.8 Å². The second-order valence-electron chi connectivity index (χ2n) is 5.78. The molecule has 2 aromatic rings. The Hall–Kier alpha value is -0.870. The third-order valence-electron chi connectivity index (χ3n) is 3.48. The van der Waals surface area contributed by atoms with E-state index in [1.807, 2.05) is 38.4 Å². The summed E-state index contributed by atoms with van der Waals surface area (Å²) in [4.78, 5) is 0. The smallest absolute Gasteiger partial charge is 0.202 e. The van der Waals surface area contributed by atoms with Gasteiger partial charge in [0.05, 0.1) is 5.02 Å². The highest BCUT2D eigenvalue weighted by Gasteiger charge is 2.36. The first-order valence-corrected chi connectivity index (χ1v) is 8.12. The van der Waals surface area contributed by atoms with Crippen molar-refractivity contribution in [2.45, 2.75) is 26.2 Å². The molecule has 0 amide bonds. The lowest BCUT2D eigenvalue weighted by Gasteiger charge is -2.35. The number of ether oxygens (including phenoxy) is 1. The summed E-state index contributed by atoms with van der Waals surface area (Å²) in [6.07, 6.45) is 2.16. The second-order valence-corrected chi connectivity index (χ2v) is 6.89. The molecule has 0 aliphatic carbocycles. The minimum absolute atomic E-state index is 0.295. The van der Waals surface area contributed by atoms with E-state index in [9.17, 15) is 5.11 Å². The second kappa shape index (κ2) is 7.14. The van der Waals surface area contributed by atoms with Crippen LogP contribution < -0.4 is 4.74 Å². The van der Waals surface area contributed by atoms with E-state index in [0.29, 0.717) is 21.7 Å². The predicted molar refractivity (Wildman–Crippen MR) is 91.1 cm³/mol. The quantitative estimate of drug-likeness (QED) is 0.734. The van der Waals surface area contributed by atoms with Crippen molar-refractivity contribution in [2.75, 3.05) is 5.88 Å². The fourth-order valence-corrected chi connectivity index (χ4v) is 2.58. The van der Waals surface area contributed by atoms with Gasteiger partial charge >= 0.3 is 0 Å². The van der Waals surface area contributed by atoms with E-state index in [1.165, 1.54) is 0 Å². The maximum atomic E-state index is 10.7. The van der Waals surface area contributed by atoms with Gasteiger partial charge in [0.25, 0.3) is 0 Å². The molecular formula is C16H18Cl3NO2. The summed E-state index contributed by atoms with van der Waals surface area (Å²) in [6, 6.07) is 8.70. The molecule has 0 radical (unpaired) electrons. The van der Waals surface area contributed by atoms with Crippen molar-refractivity contribution in [1.29, 1.82) is 0 Å². The average molecular weight is 363 g/mol. The zero-order valence-corrected chi connectivity index (χ0v) is 14.6. The van der Waals surface area contributed by atoms with E-state index < -0.39 is 17.7 Å². The van der Waals surface area contributed by atoms with Gasteiger partial charge in [0.1, 0.15) is 11.9 Å². The maximum Gasteiger partial charge on any atom is 0.202 e. The highest BCUT2D eigenvalue weighted by Crippen LogP contribution is 2.35. The van der Waals surface area contributed by atoms with Crippen LogP contribution in [0.3, 0.4) is 0 Å². The van der Waals surface area contributed by atoms with Gasteiger partial charge in [-0.15, -0.1) is 11.6 Å². The molecule has 3 nitrogen and oxygen atoms in total. The molecule has 2 unspecified atom stereocenters. The first kappa shape index (κ1) is 17.5. The summed E-state index contributed by atoms with van der Waals surface area (Å²) in [5.41, 5.74) is -0.532. The van der Waals surface area contributed by atoms with E-state index >= 15 is 0 Å². The van der Waals surface area contributed by atoms with Crippen LogP contribution in [0, 0.1) is 5.41 Å². The number of benzene rings is 1. The van der Waals surface area contributed by atoms with Crippen LogP contribution in [0.25, 0.3) is 0 Å². The Morgan fingerprint density at radius 2 is 1.86 bits per heavy atom. The van der Waals surface area contributed by atoms with Gasteiger partial charge in [-0.2, -0.15) is 0 Å². The molecule has 2 rings (SSSR count). The number of rotatable bonds is 6. The Bertz CT molecular complexity index is 614. The number of aromatic nitrogens is 1. The Balaban J connectivity index is 2.33. The molecule has 0 saturated carbocycles.